The van der Waals surface area contributed by atoms with Crippen LogP contribution < -0.4 is 0 Å². The van der Waals surface area contributed by atoms with Crippen molar-refractivity contribution in [3.8, 4) is 0 Å². The maximum absolute atomic E-state index is 12.0. The molecule has 0 N–H and O–H groups in total. The summed E-state index contributed by atoms with van der Waals surface area (Å²) in [6.45, 7) is 5.65. The molecule has 0 aliphatic heterocycles. The van der Waals surface area contributed by atoms with Crippen LogP contribution in [0.4, 0.5) is 0 Å². The molecule has 23 heavy (non-hydrogen) atoms. The Labute approximate surface area is 135 Å². The van der Waals surface area contributed by atoms with E-state index in [1.54, 1.807) is 25.1 Å². The number of fused-ring (bicyclic) bond motifs is 1. The minimum Gasteiger partial charge on any atom is -0.436 e. The summed E-state index contributed by atoms with van der Waals surface area (Å²) in [5.41, 5.74) is 2.97. The fourth-order valence-corrected chi connectivity index (χ4v) is 3.24. The van der Waals surface area contributed by atoms with Gasteiger partial charge in [0, 0.05) is 12.0 Å². The Morgan fingerprint density at radius 1 is 1.17 bits per heavy atom. The molecule has 118 valence electrons. The molecule has 0 bridgehead atoms. The van der Waals surface area contributed by atoms with Crippen molar-refractivity contribution in [3.63, 3.8) is 0 Å². The third-order valence-corrected chi connectivity index (χ3v) is 5.39. The Hall–Kier alpha value is -2.40. The van der Waals surface area contributed by atoms with E-state index in [1.807, 2.05) is 30.3 Å². The molecule has 4 nitrogen and oxygen atoms in total. The number of nitrogens with zero attached hydrogens (tertiary/aromatic N) is 1. The summed E-state index contributed by atoms with van der Waals surface area (Å²) in [5.74, 6) is 0.499. The quantitative estimate of drug-likeness (QED) is 0.713. The smallest absolute Gasteiger partial charge is 0.222 e. The number of benzene rings is 2. The van der Waals surface area contributed by atoms with Crippen LogP contribution in [0.3, 0.4) is 0 Å². The largest absolute Gasteiger partial charge is 0.436 e. The van der Waals surface area contributed by atoms with Gasteiger partial charge in [0.25, 0.3) is 0 Å². The molecule has 0 amide bonds. The van der Waals surface area contributed by atoms with Crippen LogP contribution in [0.5, 0.6) is 0 Å². The molecular formula is C18H17NO3S. The first-order chi connectivity index (χ1) is 11.0. The first-order valence-corrected chi connectivity index (χ1v) is 9.00. The summed E-state index contributed by atoms with van der Waals surface area (Å²) in [7, 11) is -3.25. The molecule has 3 aromatic rings. The third-order valence-electron chi connectivity index (χ3n) is 3.66. The van der Waals surface area contributed by atoms with Gasteiger partial charge in [-0.25, -0.2) is 13.4 Å². The van der Waals surface area contributed by atoms with Crippen molar-refractivity contribution in [1.29, 1.82) is 0 Å². The zero-order valence-corrected chi connectivity index (χ0v) is 13.6. The molecule has 1 aromatic heterocycles. The molecule has 3 rings (SSSR count). The van der Waals surface area contributed by atoms with Crippen LogP contribution in [0.1, 0.15) is 18.4 Å². The molecule has 1 heterocycles. The molecule has 0 spiro atoms. The van der Waals surface area contributed by atoms with Gasteiger partial charge >= 0.3 is 0 Å². The van der Waals surface area contributed by atoms with E-state index in [4.69, 9.17) is 4.42 Å². The standard InChI is InChI=1S/C18H17NO3S/c1-3-23(20,21)15-9-10-17-16(12-15)19-18(22-17)13(2)11-14-7-5-4-6-8-14/h4-10,12H,2-3,11H2,1H3. The van der Waals surface area contributed by atoms with Crippen molar-refractivity contribution < 1.29 is 12.8 Å². The highest BCUT2D eigenvalue weighted by Crippen LogP contribution is 2.25. The van der Waals surface area contributed by atoms with Gasteiger partial charge in [0.2, 0.25) is 5.89 Å². The van der Waals surface area contributed by atoms with Gasteiger partial charge in [-0.3, -0.25) is 0 Å². The van der Waals surface area contributed by atoms with Crippen molar-refractivity contribution in [1.82, 2.24) is 4.98 Å². The fourth-order valence-electron chi connectivity index (χ4n) is 2.34. The lowest BCUT2D eigenvalue weighted by molar-refractivity contribution is 0.582. The lowest BCUT2D eigenvalue weighted by atomic mass is 10.1. The minimum absolute atomic E-state index is 0.0595. The van der Waals surface area contributed by atoms with Crippen LogP contribution in [0.15, 0.2) is 64.4 Å². The Balaban J connectivity index is 1.92. The van der Waals surface area contributed by atoms with Gasteiger partial charge in [-0.2, -0.15) is 0 Å². The summed E-state index contributed by atoms with van der Waals surface area (Å²) in [4.78, 5) is 4.65. The van der Waals surface area contributed by atoms with Gasteiger partial charge in [-0.1, -0.05) is 43.8 Å². The second-order valence-electron chi connectivity index (χ2n) is 5.32. The van der Waals surface area contributed by atoms with Gasteiger partial charge in [-0.15, -0.1) is 0 Å². The molecule has 0 unspecified atom stereocenters. The van der Waals surface area contributed by atoms with E-state index >= 15 is 0 Å². The fraction of sp³-hybridized carbons (Fsp3) is 0.167. The number of hydrogen-bond acceptors (Lipinski definition) is 4. The van der Waals surface area contributed by atoms with Crippen molar-refractivity contribution in [2.75, 3.05) is 5.75 Å². The summed E-state index contributed by atoms with van der Waals surface area (Å²) >= 11 is 0. The van der Waals surface area contributed by atoms with Crippen LogP contribution in [-0.4, -0.2) is 19.2 Å². The zero-order valence-electron chi connectivity index (χ0n) is 12.8. The molecule has 0 fully saturated rings. The van der Waals surface area contributed by atoms with E-state index < -0.39 is 9.84 Å². The average molecular weight is 327 g/mol. The lowest BCUT2D eigenvalue weighted by Gasteiger charge is -2.00. The van der Waals surface area contributed by atoms with Gasteiger partial charge in [0.1, 0.15) is 5.52 Å². The van der Waals surface area contributed by atoms with Gasteiger partial charge in [0.15, 0.2) is 15.4 Å². The summed E-state index contributed by atoms with van der Waals surface area (Å²) in [5, 5.41) is 0. The molecular weight excluding hydrogens is 310 g/mol. The molecule has 0 radical (unpaired) electrons. The van der Waals surface area contributed by atoms with E-state index in [9.17, 15) is 8.42 Å². The SMILES string of the molecule is C=C(Cc1ccccc1)c1nc2cc(S(=O)(=O)CC)ccc2o1. The van der Waals surface area contributed by atoms with Crippen molar-refractivity contribution in [2.24, 2.45) is 0 Å². The zero-order chi connectivity index (χ0) is 16.4. The molecule has 0 atom stereocenters. The molecule has 2 aromatic carbocycles. The van der Waals surface area contributed by atoms with Crippen molar-refractivity contribution >= 4 is 26.5 Å². The van der Waals surface area contributed by atoms with Crippen molar-refractivity contribution in [2.45, 2.75) is 18.2 Å². The highest BCUT2D eigenvalue weighted by atomic mass is 32.2. The predicted molar refractivity (Wildman–Crippen MR) is 90.9 cm³/mol. The Kier molecular flexibility index (Phi) is 4.05. The number of aromatic nitrogens is 1. The van der Waals surface area contributed by atoms with Crippen LogP contribution in [0, 0.1) is 0 Å². The predicted octanol–water partition coefficient (Wildman–Crippen LogP) is 3.88. The van der Waals surface area contributed by atoms with E-state index in [0.29, 0.717) is 23.4 Å². The summed E-state index contributed by atoms with van der Waals surface area (Å²) < 4.78 is 29.6. The number of hydrogen-bond donors (Lipinski definition) is 0. The van der Waals surface area contributed by atoms with E-state index in [2.05, 4.69) is 11.6 Å². The van der Waals surface area contributed by atoms with E-state index in [-0.39, 0.29) is 10.6 Å². The lowest BCUT2D eigenvalue weighted by Crippen LogP contribution is -2.03. The average Bonchev–Trinajstić information content (AvgIpc) is 2.99. The third kappa shape index (κ3) is 3.19. The monoisotopic (exact) mass is 327 g/mol. The maximum Gasteiger partial charge on any atom is 0.222 e. The number of allylic oxidation sites excluding steroid dienone is 1. The van der Waals surface area contributed by atoms with Gasteiger partial charge < -0.3 is 4.42 Å². The first-order valence-electron chi connectivity index (χ1n) is 7.35. The van der Waals surface area contributed by atoms with E-state index in [1.165, 1.54) is 0 Å². The Morgan fingerprint density at radius 2 is 1.91 bits per heavy atom. The van der Waals surface area contributed by atoms with Crippen LogP contribution in [0.25, 0.3) is 16.7 Å². The number of rotatable bonds is 5. The number of sulfone groups is 1. The summed E-state index contributed by atoms with van der Waals surface area (Å²) in [6, 6.07) is 14.7. The van der Waals surface area contributed by atoms with E-state index in [0.717, 1.165) is 11.1 Å². The van der Waals surface area contributed by atoms with Crippen LogP contribution >= 0.6 is 0 Å². The molecule has 0 aliphatic carbocycles. The topological polar surface area (TPSA) is 60.2 Å². The normalized spacial score (nSPS) is 11.7. The highest BCUT2D eigenvalue weighted by Gasteiger charge is 2.15. The van der Waals surface area contributed by atoms with Gasteiger partial charge in [-0.05, 0) is 23.8 Å². The van der Waals surface area contributed by atoms with Crippen LogP contribution in [-0.2, 0) is 16.3 Å². The highest BCUT2D eigenvalue weighted by molar-refractivity contribution is 7.91. The second kappa shape index (κ2) is 6.01. The molecule has 5 heteroatoms. The van der Waals surface area contributed by atoms with Gasteiger partial charge in [0.05, 0.1) is 10.6 Å². The second-order valence-corrected chi connectivity index (χ2v) is 7.60. The first kappa shape index (κ1) is 15.5. The van der Waals surface area contributed by atoms with Crippen LogP contribution in [0.2, 0.25) is 0 Å². The Morgan fingerprint density at radius 3 is 2.61 bits per heavy atom. The summed E-state index contributed by atoms with van der Waals surface area (Å²) in [6.07, 6.45) is 0.633. The van der Waals surface area contributed by atoms with Crippen molar-refractivity contribution in [3.05, 3.63) is 66.6 Å². The Bertz CT molecular complexity index is 956. The molecule has 0 aliphatic rings. The minimum atomic E-state index is -3.25. The molecule has 0 saturated heterocycles. The number of oxazole rings is 1. The maximum atomic E-state index is 12.0. The molecule has 0 saturated carbocycles.